The van der Waals surface area contributed by atoms with Gasteiger partial charge in [-0.05, 0) is 25.0 Å². The zero-order valence-electron chi connectivity index (χ0n) is 15.8. The van der Waals surface area contributed by atoms with Gasteiger partial charge in [0.1, 0.15) is 11.4 Å². The normalized spacial score (nSPS) is 17.7. The molecular formula is C21H20FN3O4. The van der Waals surface area contributed by atoms with E-state index in [4.69, 9.17) is 0 Å². The lowest BCUT2D eigenvalue weighted by Gasteiger charge is -2.34. The Hall–Kier alpha value is -3.42. The minimum absolute atomic E-state index is 0.101. The van der Waals surface area contributed by atoms with Crippen molar-refractivity contribution in [2.24, 2.45) is 0 Å². The Morgan fingerprint density at radius 2 is 2.10 bits per heavy atom. The molecule has 0 unspecified atom stereocenters. The summed E-state index contributed by atoms with van der Waals surface area (Å²) in [4.78, 5) is 39.4. The number of hydrogen-bond donors (Lipinski definition) is 2. The van der Waals surface area contributed by atoms with Crippen molar-refractivity contribution >= 4 is 11.8 Å². The lowest BCUT2D eigenvalue weighted by molar-refractivity contribution is 0.0688. The average Bonchev–Trinajstić information content (AvgIpc) is 2.91. The van der Waals surface area contributed by atoms with Crippen LogP contribution in [0.5, 0.6) is 5.75 Å². The number of amides is 2. The summed E-state index contributed by atoms with van der Waals surface area (Å²) in [5, 5.41) is 12.9. The molecular weight excluding hydrogens is 377 g/mol. The van der Waals surface area contributed by atoms with E-state index in [0.29, 0.717) is 19.5 Å². The minimum atomic E-state index is -0.917. The second kappa shape index (κ2) is 7.20. The topological polar surface area (TPSA) is 91.6 Å². The molecule has 0 radical (unpaired) electrons. The van der Waals surface area contributed by atoms with Crippen molar-refractivity contribution < 1.29 is 19.1 Å². The van der Waals surface area contributed by atoms with Crippen LogP contribution < -0.4 is 10.7 Å². The maximum absolute atomic E-state index is 14.0. The predicted octanol–water partition coefficient (Wildman–Crippen LogP) is 1.89. The number of allylic oxidation sites excluding steroid dienone is 1. The average molecular weight is 397 g/mol. The first-order valence-corrected chi connectivity index (χ1v) is 9.32. The van der Waals surface area contributed by atoms with Gasteiger partial charge in [0.05, 0.1) is 6.04 Å². The molecule has 2 N–H and O–H groups in total. The van der Waals surface area contributed by atoms with E-state index in [2.05, 4.69) is 5.32 Å². The van der Waals surface area contributed by atoms with E-state index < -0.39 is 28.8 Å². The Morgan fingerprint density at radius 3 is 2.86 bits per heavy atom. The Kier molecular flexibility index (Phi) is 4.70. The molecule has 2 aromatic rings. The van der Waals surface area contributed by atoms with Gasteiger partial charge in [-0.25, -0.2) is 4.39 Å². The molecule has 0 saturated carbocycles. The summed E-state index contributed by atoms with van der Waals surface area (Å²) in [5.41, 5.74) is -0.263. The Labute approximate surface area is 166 Å². The number of rotatable bonds is 3. The van der Waals surface area contributed by atoms with Crippen molar-refractivity contribution in [2.45, 2.75) is 25.9 Å². The number of aromatic hydroxyl groups is 1. The van der Waals surface area contributed by atoms with Crippen molar-refractivity contribution in [3.8, 4) is 5.75 Å². The quantitative estimate of drug-likeness (QED) is 0.774. The Bertz CT molecular complexity index is 1110. The number of aryl methyl sites for hydroxylation is 1. The van der Waals surface area contributed by atoms with Crippen LogP contribution in [0.1, 0.15) is 44.4 Å². The summed E-state index contributed by atoms with van der Waals surface area (Å²) in [6, 6.07) is 4.46. The third-order valence-corrected chi connectivity index (χ3v) is 5.32. The van der Waals surface area contributed by atoms with Gasteiger partial charge in [-0.2, -0.15) is 0 Å². The van der Waals surface area contributed by atoms with E-state index in [9.17, 15) is 23.9 Å². The largest absolute Gasteiger partial charge is 0.503 e. The smallest absolute Gasteiger partial charge is 0.274 e. The molecule has 0 saturated heterocycles. The molecule has 7 nitrogen and oxygen atoms in total. The fraction of sp³-hybridized carbons (Fsp3) is 0.286. The summed E-state index contributed by atoms with van der Waals surface area (Å²) in [7, 11) is 0. The third-order valence-electron chi connectivity index (χ3n) is 5.32. The fourth-order valence-corrected chi connectivity index (χ4v) is 3.72. The molecule has 0 fully saturated rings. The predicted molar refractivity (Wildman–Crippen MR) is 103 cm³/mol. The van der Waals surface area contributed by atoms with E-state index >= 15 is 0 Å². The first kappa shape index (κ1) is 18.9. The number of pyridine rings is 1. The number of benzene rings is 1. The first-order valence-electron chi connectivity index (χ1n) is 9.32. The van der Waals surface area contributed by atoms with Gasteiger partial charge < -0.3 is 19.9 Å². The second-order valence-corrected chi connectivity index (χ2v) is 7.32. The third kappa shape index (κ3) is 3.30. The van der Waals surface area contributed by atoms with Gasteiger partial charge in [-0.1, -0.05) is 24.3 Å². The summed E-state index contributed by atoms with van der Waals surface area (Å²) in [6.45, 7) is 2.49. The molecule has 2 aliphatic rings. The molecule has 2 aliphatic heterocycles. The number of nitrogens with zero attached hydrogens (tertiary/aromatic N) is 2. The highest BCUT2D eigenvalue weighted by molar-refractivity contribution is 5.99. The van der Waals surface area contributed by atoms with Gasteiger partial charge in [-0.15, -0.1) is 0 Å². The SMILES string of the molecule is Cc1ccc(CNC(=O)c2cn3c(c(O)c2=O)C(=O)N2CC=CC[C@H]3C2)c(F)c1. The Morgan fingerprint density at radius 1 is 1.31 bits per heavy atom. The van der Waals surface area contributed by atoms with E-state index in [-0.39, 0.29) is 29.4 Å². The maximum atomic E-state index is 14.0. The summed E-state index contributed by atoms with van der Waals surface area (Å²) in [6.07, 6.45) is 5.72. The number of halogens is 1. The van der Waals surface area contributed by atoms with Crippen LogP contribution in [0.2, 0.25) is 0 Å². The first-order chi connectivity index (χ1) is 13.9. The molecule has 3 heterocycles. The van der Waals surface area contributed by atoms with Crippen LogP contribution in [-0.4, -0.2) is 39.5 Å². The van der Waals surface area contributed by atoms with Gasteiger partial charge >= 0.3 is 0 Å². The lowest BCUT2D eigenvalue weighted by Crippen LogP contribution is -2.44. The molecule has 150 valence electrons. The van der Waals surface area contributed by atoms with Crippen molar-refractivity contribution in [2.75, 3.05) is 13.1 Å². The zero-order valence-corrected chi connectivity index (χ0v) is 15.8. The van der Waals surface area contributed by atoms with Gasteiger partial charge in [0.15, 0.2) is 11.4 Å². The van der Waals surface area contributed by atoms with Gasteiger partial charge in [0, 0.05) is 31.4 Å². The number of fused-ring (bicyclic) bond motifs is 4. The van der Waals surface area contributed by atoms with Crippen LogP contribution in [0.3, 0.4) is 0 Å². The molecule has 4 rings (SSSR count). The van der Waals surface area contributed by atoms with Gasteiger partial charge in [0.2, 0.25) is 5.43 Å². The second-order valence-electron chi connectivity index (χ2n) is 7.32. The molecule has 8 heteroatoms. The van der Waals surface area contributed by atoms with Crippen molar-refractivity contribution in [3.05, 3.63) is 75.0 Å². The van der Waals surface area contributed by atoms with E-state index in [1.165, 1.54) is 16.8 Å². The standard InChI is InChI=1S/C21H20FN3O4/c1-12-5-6-13(16(22)8-12)9-23-20(28)15-11-25-14-4-2-3-7-24(10-14)21(29)17(25)19(27)18(15)26/h2-3,5-6,8,11,14,27H,4,7,9-10H2,1H3,(H,23,28)/t14-/m0/s1. The molecule has 1 aromatic heterocycles. The minimum Gasteiger partial charge on any atom is -0.503 e. The van der Waals surface area contributed by atoms with Crippen LogP contribution in [0.4, 0.5) is 4.39 Å². The summed E-state index contributed by atoms with van der Waals surface area (Å²) < 4.78 is 15.5. The monoisotopic (exact) mass is 397 g/mol. The highest BCUT2D eigenvalue weighted by Crippen LogP contribution is 2.29. The zero-order chi connectivity index (χ0) is 20.7. The van der Waals surface area contributed by atoms with Crippen molar-refractivity contribution in [1.82, 2.24) is 14.8 Å². The maximum Gasteiger partial charge on any atom is 0.274 e. The molecule has 0 spiro atoms. The number of carbonyl (C=O) groups excluding carboxylic acids is 2. The van der Waals surface area contributed by atoms with E-state index in [1.54, 1.807) is 24.0 Å². The number of nitrogens with one attached hydrogen (secondary N) is 1. The molecule has 1 aromatic carbocycles. The van der Waals surface area contributed by atoms with Gasteiger partial charge in [0.25, 0.3) is 11.8 Å². The van der Waals surface area contributed by atoms with Crippen LogP contribution >= 0.6 is 0 Å². The summed E-state index contributed by atoms with van der Waals surface area (Å²) in [5.74, 6) is -2.37. The highest BCUT2D eigenvalue weighted by Gasteiger charge is 2.35. The highest BCUT2D eigenvalue weighted by atomic mass is 19.1. The number of carbonyl (C=O) groups is 2. The molecule has 1 atom stereocenters. The number of aromatic nitrogens is 1. The van der Waals surface area contributed by atoms with Crippen LogP contribution in [0.25, 0.3) is 0 Å². The molecule has 0 aliphatic carbocycles. The molecule has 2 bridgehead atoms. The fourth-order valence-electron chi connectivity index (χ4n) is 3.72. The lowest BCUT2D eigenvalue weighted by atomic mass is 10.1. The molecule has 29 heavy (non-hydrogen) atoms. The van der Waals surface area contributed by atoms with Crippen LogP contribution in [0.15, 0.2) is 41.3 Å². The van der Waals surface area contributed by atoms with Crippen LogP contribution in [-0.2, 0) is 6.54 Å². The van der Waals surface area contributed by atoms with Crippen LogP contribution in [0, 0.1) is 12.7 Å². The van der Waals surface area contributed by atoms with Gasteiger partial charge in [-0.3, -0.25) is 14.4 Å². The number of hydrogen-bond acceptors (Lipinski definition) is 4. The summed E-state index contributed by atoms with van der Waals surface area (Å²) >= 11 is 0. The van der Waals surface area contributed by atoms with E-state index in [0.717, 1.165) is 5.56 Å². The van der Waals surface area contributed by atoms with E-state index in [1.807, 2.05) is 12.2 Å². The van der Waals surface area contributed by atoms with Crippen molar-refractivity contribution in [1.29, 1.82) is 0 Å². The Balaban J connectivity index is 1.66. The van der Waals surface area contributed by atoms with Crippen molar-refractivity contribution in [3.63, 3.8) is 0 Å². The molecule has 2 amide bonds.